The van der Waals surface area contributed by atoms with Gasteiger partial charge in [0.15, 0.2) is 0 Å². The van der Waals surface area contributed by atoms with E-state index in [1.165, 1.54) is 12.3 Å². The Hall–Kier alpha value is -1.10. The molecule has 1 aromatic rings. The summed E-state index contributed by atoms with van der Waals surface area (Å²) in [6.07, 6.45) is 1.42. The molecule has 0 saturated carbocycles. The van der Waals surface area contributed by atoms with Crippen LogP contribution in [0.2, 0.25) is 0 Å². The van der Waals surface area contributed by atoms with Gasteiger partial charge in [0.2, 0.25) is 4.77 Å². The first-order valence-electron chi connectivity index (χ1n) is 2.24. The SMILES string of the molecule is O=S=c1[nH]ccc(=O)[nH]1. The fourth-order valence-electron chi connectivity index (χ4n) is 0.428. The standard InChI is InChI=1S/C4H4N2O2S/c7-3-1-2-5-4(6-3)9-8/h1-2,5H,(H,6,7). The number of nitrogens with one attached hydrogen (secondary N) is 2. The van der Waals surface area contributed by atoms with Gasteiger partial charge in [-0.2, -0.15) is 0 Å². The second-order valence-corrected chi connectivity index (χ2v) is 1.95. The molecule has 1 heterocycles. The van der Waals surface area contributed by atoms with Gasteiger partial charge >= 0.3 is 0 Å². The van der Waals surface area contributed by atoms with E-state index in [9.17, 15) is 9.00 Å². The van der Waals surface area contributed by atoms with E-state index in [0.717, 1.165) is 0 Å². The van der Waals surface area contributed by atoms with E-state index in [4.69, 9.17) is 0 Å². The second kappa shape index (κ2) is 2.45. The number of hydrogen-bond donors (Lipinski definition) is 2. The molecule has 0 bridgehead atoms. The van der Waals surface area contributed by atoms with Crippen LogP contribution in [-0.2, 0) is 11.3 Å². The fraction of sp³-hybridized carbons (Fsp3) is 0. The minimum Gasteiger partial charge on any atom is -0.337 e. The van der Waals surface area contributed by atoms with Crippen molar-refractivity contribution in [1.82, 2.24) is 9.97 Å². The van der Waals surface area contributed by atoms with E-state index in [2.05, 4.69) is 9.97 Å². The third kappa shape index (κ3) is 1.39. The highest BCUT2D eigenvalue weighted by molar-refractivity contribution is 7.56. The van der Waals surface area contributed by atoms with E-state index in [0.29, 0.717) is 0 Å². The van der Waals surface area contributed by atoms with Crippen LogP contribution in [0.4, 0.5) is 0 Å². The van der Waals surface area contributed by atoms with Crippen molar-refractivity contribution in [3.05, 3.63) is 27.4 Å². The molecular weight excluding hydrogens is 140 g/mol. The Morgan fingerprint density at radius 3 is 2.78 bits per heavy atom. The van der Waals surface area contributed by atoms with Gasteiger partial charge in [0.1, 0.15) is 11.3 Å². The molecule has 9 heavy (non-hydrogen) atoms. The molecule has 0 atom stereocenters. The maximum atomic E-state index is 10.4. The molecule has 5 heteroatoms. The highest BCUT2D eigenvalue weighted by Crippen LogP contribution is 1.63. The van der Waals surface area contributed by atoms with E-state index in [1.54, 1.807) is 0 Å². The van der Waals surface area contributed by atoms with Crippen molar-refractivity contribution in [2.45, 2.75) is 0 Å². The van der Waals surface area contributed by atoms with Crippen LogP contribution in [0.25, 0.3) is 0 Å². The third-order valence-corrected chi connectivity index (χ3v) is 1.16. The molecule has 1 aromatic heterocycles. The van der Waals surface area contributed by atoms with Crippen LogP contribution in [0.5, 0.6) is 0 Å². The Kier molecular flexibility index (Phi) is 1.64. The number of rotatable bonds is 0. The highest BCUT2D eigenvalue weighted by atomic mass is 32.1. The van der Waals surface area contributed by atoms with Gasteiger partial charge in [0, 0.05) is 12.3 Å². The fourth-order valence-corrected chi connectivity index (χ4v) is 0.686. The second-order valence-electron chi connectivity index (χ2n) is 1.38. The van der Waals surface area contributed by atoms with Gasteiger partial charge in [-0.15, -0.1) is 0 Å². The summed E-state index contributed by atoms with van der Waals surface area (Å²) in [4.78, 5) is 15.3. The van der Waals surface area contributed by atoms with Gasteiger partial charge < -0.3 is 4.98 Å². The van der Waals surface area contributed by atoms with E-state index >= 15 is 0 Å². The molecule has 48 valence electrons. The summed E-state index contributed by atoms with van der Waals surface area (Å²) >= 11 is 0.222. The quantitative estimate of drug-likeness (QED) is 0.480. The molecule has 2 N–H and O–H groups in total. The first-order chi connectivity index (χ1) is 4.33. The lowest BCUT2D eigenvalue weighted by atomic mass is 10.7. The average Bonchev–Trinajstić information content (AvgIpc) is 1.88. The Morgan fingerprint density at radius 2 is 2.33 bits per heavy atom. The van der Waals surface area contributed by atoms with Gasteiger partial charge in [-0.05, 0) is 0 Å². The lowest BCUT2D eigenvalue weighted by Crippen LogP contribution is -2.03. The summed E-state index contributed by atoms with van der Waals surface area (Å²) in [7, 11) is 0. The van der Waals surface area contributed by atoms with Crippen LogP contribution in [0.3, 0.4) is 0 Å². The molecule has 0 saturated heterocycles. The molecule has 0 radical (unpaired) electrons. The molecule has 4 nitrogen and oxygen atoms in total. The van der Waals surface area contributed by atoms with Crippen molar-refractivity contribution in [3.63, 3.8) is 0 Å². The Labute approximate surface area is 53.6 Å². The first-order valence-corrected chi connectivity index (χ1v) is 2.98. The van der Waals surface area contributed by atoms with Gasteiger partial charge in [0.25, 0.3) is 5.56 Å². The molecule has 0 aliphatic rings. The normalized spacial score (nSPS) is 8.89. The molecule has 1 rings (SSSR count). The van der Waals surface area contributed by atoms with Gasteiger partial charge in [-0.3, -0.25) is 9.78 Å². The smallest absolute Gasteiger partial charge is 0.251 e. The van der Waals surface area contributed by atoms with E-state index in [-0.39, 0.29) is 21.6 Å². The number of aromatic nitrogens is 2. The van der Waals surface area contributed by atoms with Crippen molar-refractivity contribution in [2.75, 3.05) is 0 Å². The van der Waals surface area contributed by atoms with Crippen molar-refractivity contribution in [1.29, 1.82) is 0 Å². The zero-order chi connectivity index (χ0) is 6.69. The predicted octanol–water partition coefficient (Wildman–Crippen LogP) is -0.552. The monoisotopic (exact) mass is 144 g/mol. The predicted molar refractivity (Wildman–Crippen MR) is 32.8 cm³/mol. The molecule has 0 aromatic carbocycles. The van der Waals surface area contributed by atoms with Gasteiger partial charge in [-0.25, -0.2) is 4.21 Å². The lowest BCUT2D eigenvalue weighted by molar-refractivity contribution is 0.698. The summed E-state index contributed by atoms with van der Waals surface area (Å²) in [6, 6.07) is 1.31. The zero-order valence-electron chi connectivity index (χ0n) is 4.38. The summed E-state index contributed by atoms with van der Waals surface area (Å²) in [5.74, 6) is 0. The van der Waals surface area contributed by atoms with Crippen LogP contribution in [0, 0.1) is 4.77 Å². The van der Waals surface area contributed by atoms with Crippen LogP contribution in [0.15, 0.2) is 17.1 Å². The molecule has 0 aliphatic heterocycles. The summed E-state index contributed by atoms with van der Waals surface area (Å²) < 4.78 is 10.2. The maximum absolute atomic E-state index is 10.4. The number of aromatic amines is 2. The minimum atomic E-state index is -0.271. The van der Waals surface area contributed by atoms with E-state index in [1.807, 2.05) is 0 Å². The Morgan fingerprint density at radius 1 is 1.56 bits per heavy atom. The Balaban J connectivity index is 3.61. The highest BCUT2D eigenvalue weighted by Gasteiger charge is 1.77. The first kappa shape index (κ1) is 6.03. The number of H-pyrrole nitrogens is 2. The van der Waals surface area contributed by atoms with Crippen LogP contribution >= 0.6 is 0 Å². The molecular formula is C4H4N2O2S. The topological polar surface area (TPSA) is 65.7 Å². The molecule has 0 spiro atoms. The van der Waals surface area contributed by atoms with Gasteiger partial charge in [0.05, 0.1) is 0 Å². The largest absolute Gasteiger partial charge is 0.337 e. The Bertz CT molecular complexity index is 333. The van der Waals surface area contributed by atoms with Crippen molar-refractivity contribution >= 4 is 11.3 Å². The van der Waals surface area contributed by atoms with Crippen LogP contribution < -0.4 is 5.56 Å². The van der Waals surface area contributed by atoms with E-state index < -0.39 is 0 Å². The lowest BCUT2D eigenvalue weighted by Gasteiger charge is -1.78. The van der Waals surface area contributed by atoms with Gasteiger partial charge in [-0.1, -0.05) is 0 Å². The molecule has 0 unspecified atom stereocenters. The number of hydrogen-bond acceptors (Lipinski definition) is 2. The maximum Gasteiger partial charge on any atom is 0.251 e. The van der Waals surface area contributed by atoms with Crippen molar-refractivity contribution < 1.29 is 4.21 Å². The van der Waals surface area contributed by atoms with Crippen LogP contribution in [0.1, 0.15) is 0 Å². The average molecular weight is 144 g/mol. The van der Waals surface area contributed by atoms with Crippen LogP contribution in [-0.4, -0.2) is 14.2 Å². The van der Waals surface area contributed by atoms with Crippen molar-refractivity contribution in [2.24, 2.45) is 0 Å². The molecule has 0 fully saturated rings. The minimum absolute atomic E-state index is 0.222. The molecule has 0 amide bonds. The third-order valence-electron chi connectivity index (χ3n) is 0.769. The molecule has 0 aliphatic carbocycles. The summed E-state index contributed by atoms with van der Waals surface area (Å²) in [6.45, 7) is 0. The zero-order valence-corrected chi connectivity index (χ0v) is 5.20. The van der Waals surface area contributed by atoms with Crippen molar-refractivity contribution in [3.8, 4) is 0 Å². The summed E-state index contributed by atoms with van der Waals surface area (Å²) in [5, 5.41) is 0. The summed E-state index contributed by atoms with van der Waals surface area (Å²) in [5.41, 5.74) is -0.271.